The van der Waals surface area contributed by atoms with E-state index in [1.165, 1.54) is 11.8 Å². The van der Waals surface area contributed by atoms with Gasteiger partial charge in [0.25, 0.3) is 0 Å². The molecule has 2 aromatic rings. The van der Waals surface area contributed by atoms with Crippen LogP contribution in [0, 0.1) is 0 Å². The number of hydrogen-bond acceptors (Lipinski definition) is 6. The normalized spacial score (nSPS) is 19.3. The number of amidine groups is 1. The van der Waals surface area contributed by atoms with E-state index >= 15 is 0 Å². The van der Waals surface area contributed by atoms with Crippen molar-refractivity contribution in [2.75, 3.05) is 5.32 Å². The lowest BCUT2D eigenvalue weighted by atomic mass is 10.2. The number of thioether (sulfide) groups is 1. The molecule has 0 aliphatic carbocycles. The Morgan fingerprint density at radius 2 is 2.19 bits per heavy atom. The third-order valence-corrected chi connectivity index (χ3v) is 5.71. The Hall–Kier alpha value is -2.16. The summed E-state index contributed by atoms with van der Waals surface area (Å²) in [6.45, 7) is 1.84. The average Bonchev–Trinajstić information content (AvgIpc) is 3.14. The number of amides is 2. The molecule has 3 rings (SSSR count). The third kappa shape index (κ3) is 4.94. The molecule has 134 valence electrons. The summed E-state index contributed by atoms with van der Waals surface area (Å²) >= 11 is 8.65. The largest absolute Gasteiger partial charge is 0.325 e. The Morgan fingerprint density at radius 3 is 2.92 bits per heavy atom. The van der Waals surface area contributed by atoms with Crippen LogP contribution in [0.5, 0.6) is 0 Å². The molecular formula is C17H15ClN4O2S2. The van der Waals surface area contributed by atoms with Gasteiger partial charge in [-0.3, -0.25) is 9.59 Å². The topological polar surface area (TPSA) is 82.9 Å². The van der Waals surface area contributed by atoms with Crippen molar-refractivity contribution < 1.29 is 9.59 Å². The van der Waals surface area contributed by atoms with Crippen LogP contribution in [-0.2, 0) is 9.59 Å². The van der Waals surface area contributed by atoms with Crippen molar-refractivity contribution in [1.29, 1.82) is 0 Å². The van der Waals surface area contributed by atoms with E-state index in [0.717, 1.165) is 10.6 Å². The molecule has 2 N–H and O–H groups in total. The van der Waals surface area contributed by atoms with Gasteiger partial charge < -0.3 is 10.6 Å². The van der Waals surface area contributed by atoms with Gasteiger partial charge in [-0.25, -0.2) is 0 Å². The van der Waals surface area contributed by atoms with E-state index in [4.69, 9.17) is 11.6 Å². The highest BCUT2D eigenvalue weighted by Crippen LogP contribution is 2.23. The zero-order valence-electron chi connectivity index (χ0n) is 13.7. The Kier molecular flexibility index (Phi) is 6.08. The summed E-state index contributed by atoms with van der Waals surface area (Å²) in [6.07, 6.45) is 0.0731. The van der Waals surface area contributed by atoms with E-state index < -0.39 is 5.25 Å². The molecular weight excluding hydrogens is 392 g/mol. The van der Waals surface area contributed by atoms with Crippen LogP contribution in [0.2, 0.25) is 5.02 Å². The summed E-state index contributed by atoms with van der Waals surface area (Å²) in [5, 5.41) is 15.8. The van der Waals surface area contributed by atoms with Gasteiger partial charge in [-0.15, -0.1) is 16.4 Å². The number of carbonyl (C=O) groups is 2. The highest BCUT2D eigenvalue weighted by Gasteiger charge is 2.30. The zero-order chi connectivity index (χ0) is 18.5. The van der Waals surface area contributed by atoms with Gasteiger partial charge in [-0.1, -0.05) is 35.5 Å². The first kappa shape index (κ1) is 18.6. The van der Waals surface area contributed by atoms with Gasteiger partial charge in [0.1, 0.15) is 5.25 Å². The standard InChI is InChI=1S/C17H15ClN4O2S2/c1-10(13-6-3-7-25-13)21-22-17-20-15(23)9-14(26-17)16(24)19-12-5-2-4-11(18)8-12/h2-8,14H,9H2,1H3,(H,19,24)(H,20,22,23)/b21-10-/t14-/m1/s1. The number of thiophene rings is 1. The smallest absolute Gasteiger partial charge is 0.238 e. The first-order valence-corrected chi connectivity index (χ1v) is 9.84. The summed E-state index contributed by atoms with van der Waals surface area (Å²) in [5.74, 6) is -0.545. The summed E-state index contributed by atoms with van der Waals surface area (Å²) in [6, 6.07) is 10.7. The van der Waals surface area contributed by atoms with Crippen LogP contribution < -0.4 is 10.6 Å². The van der Waals surface area contributed by atoms with E-state index in [-0.39, 0.29) is 18.2 Å². The van der Waals surface area contributed by atoms with Gasteiger partial charge in [0.15, 0.2) is 5.17 Å². The van der Waals surface area contributed by atoms with E-state index in [1.54, 1.807) is 35.6 Å². The molecule has 1 aliphatic rings. The van der Waals surface area contributed by atoms with Gasteiger partial charge in [0, 0.05) is 17.1 Å². The van der Waals surface area contributed by atoms with Crippen molar-refractivity contribution in [1.82, 2.24) is 5.32 Å². The van der Waals surface area contributed by atoms with Crippen LogP contribution in [0.15, 0.2) is 52.0 Å². The Bertz CT molecular complexity index is 881. The first-order chi connectivity index (χ1) is 12.5. The van der Waals surface area contributed by atoms with Crippen LogP contribution in [0.25, 0.3) is 0 Å². The van der Waals surface area contributed by atoms with Crippen molar-refractivity contribution in [3.63, 3.8) is 0 Å². The second-order valence-corrected chi connectivity index (χ2v) is 8.00. The SMILES string of the molecule is C/C(=N/N=C1/NC(=O)C[C@H](C(=O)Nc2cccc(Cl)c2)S1)c1cccs1. The Balaban J connectivity index is 1.69. The molecule has 2 heterocycles. The Morgan fingerprint density at radius 1 is 1.35 bits per heavy atom. The number of rotatable bonds is 4. The minimum Gasteiger partial charge on any atom is -0.325 e. The van der Waals surface area contributed by atoms with Gasteiger partial charge in [0.2, 0.25) is 11.8 Å². The number of hydrogen-bond donors (Lipinski definition) is 2. The van der Waals surface area contributed by atoms with Gasteiger partial charge in [-0.05, 0) is 36.6 Å². The van der Waals surface area contributed by atoms with Gasteiger partial charge in [-0.2, -0.15) is 5.10 Å². The fourth-order valence-corrected chi connectivity index (χ4v) is 3.98. The van der Waals surface area contributed by atoms with E-state index in [1.807, 2.05) is 24.4 Å². The van der Waals surface area contributed by atoms with Crippen LogP contribution in [0.1, 0.15) is 18.2 Å². The van der Waals surface area contributed by atoms with Gasteiger partial charge >= 0.3 is 0 Å². The molecule has 0 spiro atoms. The van der Waals surface area contributed by atoms with Crippen molar-refractivity contribution in [2.24, 2.45) is 10.2 Å². The number of halogens is 1. The molecule has 1 aliphatic heterocycles. The highest BCUT2D eigenvalue weighted by atomic mass is 35.5. The lowest BCUT2D eigenvalue weighted by molar-refractivity contribution is -0.123. The average molecular weight is 407 g/mol. The summed E-state index contributed by atoms with van der Waals surface area (Å²) in [4.78, 5) is 25.4. The quantitative estimate of drug-likeness (QED) is 0.599. The maximum absolute atomic E-state index is 12.5. The van der Waals surface area contributed by atoms with Crippen molar-refractivity contribution in [3.05, 3.63) is 51.7 Å². The maximum Gasteiger partial charge on any atom is 0.238 e. The van der Waals surface area contributed by atoms with Crippen LogP contribution >= 0.6 is 34.7 Å². The molecule has 9 heteroatoms. The second-order valence-electron chi connectivity index (χ2n) is 5.43. The van der Waals surface area contributed by atoms with Crippen LogP contribution in [0.4, 0.5) is 5.69 Å². The second kappa shape index (κ2) is 8.48. The number of nitrogens with one attached hydrogen (secondary N) is 2. The Labute approximate surface area is 163 Å². The fourth-order valence-electron chi connectivity index (χ4n) is 2.18. The highest BCUT2D eigenvalue weighted by molar-refractivity contribution is 8.15. The van der Waals surface area contributed by atoms with E-state index in [9.17, 15) is 9.59 Å². The molecule has 0 saturated carbocycles. The molecule has 26 heavy (non-hydrogen) atoms. The molecule has 0 unspecified atom stereocenters. The third-order valence-electron chi connectivity index (χ3n) is 3.42. The van der Waals surface area contributed by atoms with Crippen LogP contribution in [0.3, 0.4) is 0 Å². The number of benzene rings is 1. The molecule has 1 saturated heterocycles. The summed E-state index contributed by atoms with van der Waals surface area (Å²) in [7, 11) is 0. The molecule has 1 fully saturated rings. The maximum atomic E-state index is 12.5. The van der Waals surface area contributed by atoms with Crippen LogP contribution in [-0.4, -0.2) is 27.9 Å². The van der Waals surface area contributed by atoms with Crippen molar-refractivity contribution >= 4 is 63.1 Å². The molecule has 1 aromatic carbocycles. The molecule has 2 amide bonds. The molecule has 6 nitrogen and oxygen atoms in total. The minimum absolute atomic E-state index is 0.0731. The van der Waals surface area contributed by atoms with E-state index in [0.29, 0.717) is 15.9 Å². The lowest BCUT2D eigenvalue weighted by Crippen LogP contribution is -2.41. The summed E-state index contributed by atoms with van der Waals surface area (Å²) in [5.41, 5.74) is 1.33. The number of carbonyl (C=O) groups excluding carboxylic acids is 2. The van der Waals surface area contributed by atoms with E-state index in [2.05, 4.69) is 20.8 Å². The molecule has 1 atom stereocenters. The van der Waals surface area contributed by atoms with Crippen molar-refractivity contribution in [3.8, 4) is 0 Å². The van der Waals surface area contributed by atoms with Crippen molar-refractivity contribution in [2.45, 2.75) is 18.6 Å². The zero-order valence-corrected chi connectivity index (χ0v) is 16.1. The fraction of sp³-hybridized carbons (Fsp3) is 0.176. The lowest BCUT2D eigenvalue weighted by Gasteiger charge is -2.21. The number of anilines is 1. The predicted molar refractivity (Wildman–Crippen MR) is 108 cm³/mol. The first-order valence-electron chi connectivity index (χ1n) is 7.70. The molecule has 0 radical (unpaired) electrons. The monoisotopic (exact) mass is 406 g/mol. The summed E-state index contributed by atoms with van der Waals surface area (Å²) < 4.78 is 0. The number of nitrogens with zero attached hydrogens (tertiary/aromatic N) is 2. The molecule has 0 bridgehead atoms. The van der Waals surface area contributed by atoms with Gasteiger partial charge in [0.05, 0.1) is 10.6 Å². The minimum atomic E-state index is -0.585. The molecule has 1 aromatic heterocycles. The predicted octanol–water partition coefficient (Wildman–Crippen LogP) is 3.74.